The number of hydrogen-bond donors (Lipinski definition) is 1. The highest BCUT2D eigenvalue weighted by molar-refractivity contribution is 7.91. The molecule has 1 aliphatic rings. The molecule has 1 fully saturated rings. The van der Waals surface area contributed by atoms with E-state index in [2.05, 4.69) is 21.8 Å². The fourth-order valence-corrected chi connectivity index (χ4v) is 4.21. The molecule has 1 aromatic heterocycles. The van der Waals surface area contributed by atoms with E-state index in [1.807, 2.05) is 6.92 Å². The van der Waals surface area contributed by atoms with Crippen LogP contribution in [-0.2, 0) is 9.84 Å². The minimum absolute atomic E-state index is 0.00111. The van der Waals surface area contributed by atoms with Crippen molar-refractivity contribution in [3.63, 3.8) is 0 Å². The lowest BCUT2D eigenvalue weighted by atomic mass is 10.0. The maximum absolute atomic E-state index is 12.7. The van der Waals surface area contributed by atoms with Gasteiger partial charge in [-0.3, -0.25) is 0 Å². The zero-order chi connectivity index (χ0) is 17.3. The van der Waals surface area contributed by atoms with E-state index in [0.717, 1.165) is 25.1 Å². The molecule has 1 unspecified atom stereocenters. The minimum Gasteiger partial charge on any atom is -0.382 e. The molecule has 0 spiro atoms. The van der Waals surface area contributed by atoms with E-state index in [-0.39, 0.29) is 15.6 Å². The van der Waals surface area contributed by atoms with Crippen molar-refractivity contribution in [2.75, 3.05) is 23.7 Å². The van der Waals surface area contributed by atoms with Crippen molar-refractivity contribution >= 4 is 21.6 Å². The molecule has 2 heterocycles. The van der Waals surface area contributed by atoms with Gasteiger partial charge >= 0.3 is 0 Å². The summed E-state index contributed by atoms with van der Waals surface area (Å²) in [6, 6.07) is 6.66. The molecule has 24 heavy (non-hydrogen) atoms. The van der Waals surface area contributed by atoms with Gasteiger partial charge in [0, 0.05) is 13.1 Å². The Morgan fingerprint density at radius 2 is 1.96 bits per heavy atom. The van der Waals surface area contributed by atoms with Crippen molar-refractivity contribution in [3.05, 3.63) is 36.0 Å². The van der Waals surface area contributed by atoms with Crippen LogP contribution in [0.1, 0.15) is 25.3 Å². The van der Waals surface area contributed by atoms with Crippen LogP contribution in [0.4, 0.5) is 11.8 Å². The number of nitrogens with zero attached hydrogens (tertiary/aromatic N) is 3. The van der Waals surface area contributed by atoms with Gasteiger partial charge in [0.2, 0.25) is 15.8 Å². The first kappa shape index (κ1) is 16.7. The number of piperidine rings is 1. The summed E-state index contributed by atoms with van der Waals surface area (Å²) in [5.41, 5.74) is 6.95. The maximum Gasteiger partial charge on any atom is 0.227 e. The summed E-state index contributed by atoms with van der Waals surface area (Å²) in [4.78, 5) is 10.7. The molecule has 128 valence electrons. The molecule has 3 rings (SSSR count). The number of aryl methyl sites for hydroxylation is 1. The predicted octanol–water partition coefficient (Wildman–Crippen LogP) is 2.44. The second-order valence-corrected chi connectivity index (χ2v) is 8.35. The summed E-state index contributed by atoms with van der Waals surface area (Å²) in [6.07, 6.45) is 3.59. The number of anilines is 2. The maximum atomic E-state index is 12.7. The molecule has 0 amide bonds. The largest absolute Gasteiger partial charge is 0.382 e. The fourth-order valence-electron chi connectivity index (χ4n) is 2.95. The van der Waals surface area contributed by atoms with Crippen LogP contribution in [0.5, 0.6) is 0 Å². The van der Waals surface area contributed by atoms with Crippen LogP contribution in [0, 0.1) is 12.8 Å². The third-order valence-electron chi connectivity index (χ3n) is 4.33. The zero-order valence-electron chi connectivity index (χ0n) is 13.9. The van der Waals surface area contributed by atoms with E-state index in [4.69, 9.17) is 5.73 Å². The average Bonchev–Trinajstić information content (AvgIpc) is 2.55. The number of benzene rings is 1. The van der Waals surface area contributed by atoms with Gasteiger partial charge in [0.25, 0.3) is 0 Å². The number of aromatic nitrogens is 2. The molecular formula is C17H22N4O2S. The molecule has 2 N–H and O–H groups in total. The quantitative estimate of drug-likeness (QED) is 0.918. The lowest BCUT2D eigenvalue weighted by Crippen LogP contribution is -2.35. The summed E-state index contributed by atoms with van der Waals surface area (Å²) >= 11 is 0. The highest BCUT2D eigenvalue weighted by atomic mass is 32.2. The standard InChI is InChI=1S/C17H22N4O2S/c1-12-5-7-14(8-6-12)24(22,23)15-10-19-17(20-16(15)18)21-9-3-4-13(2)11-21/h5-8,10,13H,3-4,9,11H2,1-2H3,(H2,18,19,20). The van der Waals surface area contributed by atoms with Crippen LogP contribution >= 0.6 is 0 Å². The highest BCUT2D eigenvalue weighted by Crippen LogP contribution is 2.27. The molecule has 2 aromatic rings. The molecule has 1 saturated heterocycles. The summed E-state index contributed by atoms with van der Waals surface area (Å²) in [6.45, 7) is 5.82. The van der Waals surface area contributed by atoms with Crippen molar-refractivity contribution in [3.8, 4) is 0 Å². The molecule has 0 bridgehead atoms. The van der Waals surface area contributed by atoms with E-state index in [1.165, 1.54) is 12.6 Å². The second-order valence-electron chi connectivity index (χ2n) is 6.43. The Morgan fingerprint density at radius 1 is 1.25 bits per heavy atom. The van der Waals surface area contributed by atoms with Gasteiger partial charge in [-0.1, -0.05) is 24.6 Å². The van der Waals surface area contributed by atoms with E-state index in [0.29, 0.717) is 11.9 Å². The number of hydrogen-bond acceptors (Lipinski definition) is 6. The molecule has 7 heteroatoms. The van der Waals surface area contributed by atoms with Gasteiger partial charge in [-0.15, -0.1) is 0 Å². The van der Waals surface area contributed by atoms with Gasteiger partial charge in [-0.05, 0) is 37.8 Å². The van der Waals surface area contributed by atoms with Gasteiger partial charge in [0.05, 0.1) is 11.1 Å². The van der Waals surface area contributed by atoms with Crippen LogP contribution < -0.4 is 10.6 Å². The van der Waals surface area contributed by atoms with Gasteiger partial charge in [0.15, 0.2) is 0 Å². The zero-order valence-corrected chi connectivity index (χ0v) is 14.8. The van der Waals surface area contributed by atoms with Crippen molar-refractivity contribution in [1.29, 1.82) is 0 Å². The van der Waals surface area contributed by atoms with Crippen molar-refractivity contribution in [2.45, 2.75) is 36.5 Å². The Morgan fingerprint density at radius 3 is 2.58 bits per heavy atom. The Balaban J connectivity index is 1.93. The summed E-state index contributed by atoms with van der Waals surface area (Å²) in [5, 5.41) is 0. The van der Waals surface area contributed by atoms with E-state index in [1.54, 1.807) is 24.3 Å². The molecule has 1 atom stereocenters. The average molecular weight is 346 g/mol. The van der Waals surface area contributed by atoms with E-state index >= 15 is 0 Å². The van der Waals surface area contributed by atoms with Crippen molar-refractivity contribution < 1.29 is 8.42 Å². The van der Waals surface area contributed by atoms with Gasteiger partial charge in [-0.25, -0.2) is 13.4 Å². The first-order valence-corrected chi connectivity index (χ1v) is 9.55. The third kappa shape index (κ3) is 3.21. The first-order valence-electron chi connectivity index (χ1n) is 8.07. The summed E-state index contributed by atoms with van der Waals surface area (Å²) in [5.74, 6) is 1.07. The molecular weight excluding hydrogens is 324 g/mol. The molecule has 1 aliphatic heterocycles. The number of nitrogen functional groups attached to an aromatic ring is 1. The Bertz CT molecular complexity index is 834. The lowest BCUT2D eigenvalue weighted by molar-refractivity contribution is 0.442. The van der Waals surface area contributed by atoms with Gasteiger partial charge < -0.3 is 10.6 Å². The minimum atomic E-state index is -3.71. The normalized spacial score (nSPS) is 18.6. The Labute approximate surface area is 142 Å². The second kappa shape index (κ2) is 6.39. The van der Waals surface area contributed by atoms with E-state index in [9.17, 15) is 8.42 Å². The SMILES string of the molecule is Cc1ccc(S(=O)(=O)c2cnc(N3CCCC(C)C3)nc2N)cc1. The molecule has 1 aromatic carbocycles. The van der Waals surface area contributed by atoms with Crippen LogP contribution in [-0.4, -0.2) is 31.5 Å². The van der Waals surface area contributed by atoms with Crippen LogP contribution in [0.2, 0.25) is 0 Å². The third-order valence-corrected chi connectivity index (χ3v) is 6.12. The highest BCUT2D eigenvalue weighted by Gasteiger charge is 2.24. The smallest absolute Gasteiger partial charge is 0.227 e. The lowest BCUT2D eigenvalue weighted by Gasteiger charge is -2.31. The van der Waals surface area contributed by atoms with Gasteiger partial charge in [0.1, 0.15) is 10.7 Å². The van der Waals surface area contributed by atoms with Crippen molar-refractivity contribution in [1.82, 2.24) is 9.97 Å². The number of rotatable bonds is 3. The monoisotopic (exact) mass is 346 g/mol. The van der Waals surface area contributed by atoms with E-state index < -0.39 is 9.84 Å². The molecule has 0 aliphatic carbocycles. The fraction of sp³-hybridized carbons (Fsp3) is 0.412. The Kier molecular flexibility index (Phi) is 4.45. The molecule has 0 radical (unpaired) electrons. The number of sulfone groups is 1. The van der Waals surface area contributed by atoms with Crippen LogP contribution in [0.3, 0.4) is 0 Å². The van der Waals surface area contributed by atoms with Crippen LogP contribution in [0.25, 0.3) is 0 Å². The Hall–Kier alpha value is -2.15. The topological polar surface area (TPSA) is 89.2 Å². The van der Waals surface area contributed by atoms with Gasteiger partial charge in [-0.2, -0.15) is 4.98 Å². The molecule has 6 nitrogen and oxygen atoms in total. The molecule has 0 saturated carbocycles. The number of nitrogens with two attached hydrogens (primary N) is 1. The predicted molar refractivity (Wildman–Crippen MR) is 93.7 cm³/mol. The summed E-state index contributed by atoms with van der Waals surface area (Å²) in [7, 11) is -3.71. The first-order chi connectivity index (χ1) is 11.4. The summed E-state index contributed by atoms with van der Waals surface area (Å²) < 4.78 is 25.5. The van der Waals surface area contributed by atoms with Crippen molar-refractivity contribution in [2.24, 2.45) is 5.92 Å². The van der Waals surface area contributed by atoms with Crippen LogP contribution in [0.15, 0.2) is 40.3 Å².